The standard InChI is InChI=1S/C17H17N3O4S/c1-4-23-17(22)18-11-5-7-12(8-6-11)24-16(21)14-9-13-10(2)19-20(3)15(13)25-14/h5-9H,4H2,1-3H3,(H,18,22). The molecule has 8 heteroatoms. The van der Waals surface area contributed by atoms with Crippen molar-refractivity contribution in [2.75, 3.05) is 11.9 Å². The van der Waals surface area contributed by atoms with Crippen LogP contribution in [0.2, 0.25) is 0 Å². The van der Waals surface area contributed by atoms with Gasteiger partial charge in [-0.05, 0) is 44.2 Å². The van der Waals surface area contributed by atoms with E-state index in [1.807, 2.05) is 14.0 Å². The lowest BCUT2D eigenvalue weighted by atomic mass is 10.3. The predicted molar refractivity (Wildman–Crippen MR) is 95.4 cm³/mol. The van der Waals surface area contributed by atoms with Crippen LogP contribution in [0.5, 0.6) is 5.75 Å². The number of anilines is 1. The number of hydrogen-bond donors (Lipinski definition) is 1. The number of ether oxygens (including phenoxy) is 2. The first-order chi connectivity index (χ1) is 12.0. The molecule has 1 aromatic carbocycles. The highest BCUT2D eigenvalue weighted by Gasteiger charge is 2.16. The van der Waals surface area contributed by atoms with Crippen LogP contribution in [0.1, 0.15) is 22.3 Å². The maximum Gasteiger partial charge on any atom is 0.411 e. The SMILES string of the molecule is CCOC(=O)Nc1ccc(OC(=O)c2cc3c(C)nn(C)c3s2)cc1. The largest absolute Gasteiger partial charge is 0.450 e. The predicted octanol–water partition coefficient (Wildman–Crippen LogP) is 3.73. The van der Waals surface area contributed by atoms with Crippen molar-refractivity contribution in [2.24, 2.45) is 7.05 Å². The highest BCUT2D eigenvalue weighted by molar-refractivity contribution is 7.20. The van der Waals surface area contributed by atoms with Crippen molar-refractivity contribution in [1.82, 2.24) is 9.78 Å². The molecule has 0 saturated heterocycles. The van der Waals surface area contributed by atoms with Gasteiger partial charge >= 0.3 is 12.1 Å². The first-order valence-corrected chi connectivity index (χ1v) is 8.48. The van der Waals surface area contributed by atoms with Crippen LogP contribution in [0.4, 0.5) is 10.5 Å². The summed E-state index contributed by atoms with van der Waals surface area (Å²) >= 11 is 1.34. The second-order valence-corrected chi connectivity index (χ2v) is 6.33. The van der Waals surface area contributed by atoms with E-state index in [0.717, 1.165) is 15.9 Å². The van der Waals surface area contributed by atoms with Gasteiger partial charge in [-0.25, -0.2) is 9.59 Å². The second-order valence-electron chi connectivity index (χ2n) is 5.30. The van der Waals surface area contributed by atoms with Crippen molar-refractivity contribution in [1.29, 1.82) is 0 Å². The fourth-order valence-electron chi connectivity index (χ4n) is 2.35. The molecule has 0 aliphatic carbocycles. The van der Waals surface area contributed by atoms with Gasteiger partial charge in [-0.3, -0.25) is 10.00 Å². The van der Waals surface area contributed by atoms with Crippen LogP contribution in [0, 0.1) is 6.92 Å². The zero-order valence-electron chi connectivity index (χ0n) is 14.0. The minimum Gasteiger partial charge on any atom is -0.450 e. The number of thiophene rings is 1. The Morgan fingerprint density at radius 2 is 2.00 bits per heavy atom. The summed E-state index contributed by atoms with van der Waals surface area (Å²) < 4.78 is 11.9. The molecule has 2 heterocycles. The number of nitrogens with zero attached hydrogens (tertiary/aromatic N) is 2. The topological polar surface area (TPSA) is 82.4 Å². The van der Waals surface area contributed by atoms with E-state index in [0.29, 0.717) is 22.9 Å². The van der Waals surface area contributed by atoms with Gasteiger partial charge in [0.05, 0.1) is 12.3 Å². The van der Waals surface area contributed by atoms with Crippen LogP contribution < -0.4 is 10.1 Å². The Hall–Kier alpha value is -2.87. The number of hydrogen-bond acceptors (Lipinski definition) is 6. The normalized spacial score (nSPS) is 10.7. The number of rotatable bonds is 4. The van der Waals surface area contributed by atoms with Gasteiger partial charge in [-0.15, -0.1) is 11.3 Å². The summed E-state index contributed by atoms with van der Waals surface area (Å²) in [5.74, 6) is -0.0292. The molecule has 2 aromatic heterocycles. The summed E-state index contributed by atoms with van der Waals surface area (Å²) in [6, 6.07) is 8.29. The quantitative estimate of drug-likeness (QED) is 0.567. The lowest BCUT2D eigenvalue weighted by Crippen LogP contribution is -2.13. The van der Waals surface area contributed by atoms with Gasteiger partial charge in [-0.2, -0.15) is 5.10 Å². The van der Waals surface area contributed by atoms with Crippen molar-refractivity contribution < 1.29 is 19.1 Å². The van der Waals surface area contributed by atoms with E-state index in [1.165, 1.54) is 11.3 Å². The highest BCUT2D eigenvalue weighted by Crippen LogP contribution is 2.28. The molecule has 0 unspecified atom stereocenters. The molecular weight excluding hydrogens is 342 g/mol. The number of carbonyl (C=O) groups excluding carboxylic acids is 2. The first kappa shape index (κ1) is 17.0. The van der Waals surface area contributed by atoms with Gasteiger partial charge in [0.2, 0.25) is 0 Å². The lowest BCUT2D eigenvalue weighted by molar-refractivity contribution is 0.0740. The van der Waals surface area contributed by atoms with Gasteiger partial charge in [-0.1, -0.05) is 0 Å². The van der Waals surface area contributed by atoms with Crippen LogP contribution in [-0.4, -0.2) is 28.4 Å². The molecule has 0 fully saturated rings. The molecule has 0 bridgehead atoms. The number of fused-ring (bicyclic) bond motifs is 1. The number of aromatic nitrogens is 2. The van der Waals surface area contributed by atoms with E-state index >= 15 is 0 Å². The maximum atomic E-state index is 12.3. The van der Waals surface area contributed by atoms with Crippen molar-refractivity contribution >= 4 is 39.3 Å². The summed E-state index contributed by atoms with van der Waals surface area (Å²) in [6.45, 7) is 3.93. The molecule has 0 aliphatic rings. The lowest BCUT2D eigenvalue weighted by Gasteiger charge is -2.06. The molecule has 0 radical (unpaired) electrons. The minimum absolute atomic E-state index is 0.297. The molecule has 3 rings (SSSR count). The molecule has 25 heavy (non-hydrogen) atoms. The molecule has 0 saturated carbocycles. The Morgan fingerprint density at radius 1 is 1.28 bits per heavy atom. The average molecular weight is 359 g/mol. The summed E-state index contributed by atoms with van der Waals surface area (Å²) in [5, 5.41) is 7.84. The summed E-state index contributed by atoms with van der Waals surface area (Å²) in [5.41, 5.74) is 1.43. The van der Waals surface area contributed by atoms with E-state index in [1.54, 1.807) is 41.9 Å². The van der Waals surface area contributed by atoms with Crippen LogP contribution in [-0.2, 0) is 11.8 Å². The molecule has 7 nitrogen and oxygen atoms in total. The molecule has 0 atom stereocenters. The summed E-state index contributed by atoms with van der Waals surface area (Å²) in [7, 11) is 1.84. The minimum atomic E-state index is -0.526. The Balaban J connectivity index is 1.69. The monoisotopic (exact) mass is 359 g/mol. The third-order valence-corrected chi connectivity index (χ3v) is 4.67. The first-order valence-electron chi connectivity index (χ1n) is 7.67. The second kappa shape index (κ2) is 6.94. The van der Waals surface area contributed by atoms with E-state index in [-0.39, 0.29) is 0 Å². The number of amides is 1. The van der Waals surface area contributed by atoms with Gasteiger partial charge in [0.15, 0.2) is 0 Å². The molecular formula is C17H17N3O4S. The van der Waals surface area contributed by atoms with Crippen LogP contribution in [0.25, 0.3) is 10.2 Å². The number of aryl methyl sites for hydroxylation is 2. The smallest absolute Gasteiger partial charge is 0.411 e. The Bertz CT molecular complexity index is 893. The van der Waals surface area contributed by atoms with E-state index in [4.69, 9.17) is 9.47 Å². The number of carbonyl (C=O) groups is 2. The van der Waals surface area contributed by atoms with E-state index in [9.17, 15) is 9.59 Å². The number of nitrogens with one attached hydrogen (secondary N) is 1. The third kappa shape index (κ3) is 3.63. The molecule has 1 N–H and O–H groups in total. The zero-order chi connectivity index (χ0) is 18.0. The Labute approximate surface area is 148 Å². The van der Waals surface area contributed by atoms with Crippen molar-refractivity contribution in [3.05, 3.63) is 40.9 Å². The van der Waals surface area contributed by atoms with Gasteiger partial charge in [0, 0.05) is 18.1 Å². The highest BCUT2D eigenvalue weighted by atomic mass is 32.1. The van der Waals surface area contributed by atoms with Crippen LogP contribution in [0.15, 0.2) is 30.3 Å². The number of esters is 1. The summed E-state index contributed by atoms with van der Waals surface area (Å²) in [6.07, 6.45) is -0.526. The van der Waals surface area contributed by atoms with Crippen molar-refractivity contribution in [3.8, 4) is 5.75 Å². The fraction of sp³-hybridized carbons (Fsp3) is 0.235. The molecule has 0 aliphatic heterocycles. The van der Waals surface area contributed by atoms with Gasteiger partial charge in [0.1, 0.15) is 15.5 Å². The van der Waals surface area contributed by atoms with Gasteiger partial charge in [0.25, 0.3) is 0 Å². The maximum absolute atomic E-state index is 12.3. The van der Waals surface area contributed by atoms with E-state index < -0.39 is 12.1 Å². The zero-order valence-corrected chi connectivity index (χ0v) is 14.8. The molecule has 0 spiro atoms. The average Bonchev–Trinajstić information content (AvgIpc) is 3.12. The van der Waals surface area contributed by atoms with Gasteiger partial charge < -0.3 is 9.47 Å². The fourth-order valence-corrected chi connectivity index (χ4v) is 3.35. The van der Waals surface area contributed by atoms with Crippen molar-refractivity contribution in [2.45, 2.75) is 13.8 Å². The van der Waals surface area contributed by atoms with Crippen molar-refractivity contribution in [3.63, 3.8) is 0 Å². The molecule has 130 valence electrons. The Morgan fingerprint density at radius 3 is 2.64 bits per heavy atom. The molecule has 1 amide bonds. The molecule has 3 aromatic rings. The van der Waals surface area contributed by atoms with Crippen LogP contribution >= 0.6 is 11.3 Å². The third-order valence-electron chi connectivity index (χ3n) is 3.48. The Kier molecular flexibility index (Phi) is 4.71. The van der Waals surface area contributed by atoms with E-state index in [2.05, 4.69) is 10.4 Å². The van der Waals surface area contributed by atoms with Crippen LogP contribution in [0.3, 0.4) is 0 Å². The number of benzene rings is 1. The summed E-state index contributed by atoms with van der Waals surface area (Å²) in [4.78, 5) is 25.1.